The predicted molar refractivity (Wildman–Crippen MR) is 97.0 cm³/mol. The smallest absolute Gasteiger partial charge is 0.472 e. The maximum atomic E-state index is 12.7. The van der Waals surface area contributed by atoms with E-state index in [1.165, 1.54) is 36.8 Å². The molecule has 6 nitrogen and oxygen atoms in total. The summed E-state index contributed by atoms with van der Waals surface area (Å²) in [7, 11) is 0. The Labute approximate surface area is 165 Å². The average Bonchev–Trinajstić information content (AvgIpc) is 3.21. The first-order valence-corrected chi connectivity index (χ1v) is 9.20. The molecule has 1 aliphatic rings. The number of rotatable bonds is 5. The Morgan fingerprint density at radius 3 is 2.59 bits per heavy atom. The van der Waals surface area contributed by atoms with E-state index < -0.39 is 12.4 Å². The molecule has 0 spiro atoms. The van der Waals surface area contributed by atoms with E-state index in [0.29, 0.717) is 37.1 Å². The number of ether oxygens (including phenoxy) is 1. The van der Waals surface area contributed by atoms with Gasteiger partial charge in [-0.3, -0.25) is 9.59 Å². The molecule has 1 N–H and O–H groups in total. The molecule has 1 fully saturated rings. The summed E-state index contributed by atoms with van der Waals surface area (Å²) in [6.45, 7) is 2.62. The van der Waals surface area contributed by atoms with Crippen molar-refractivity contribution in [3.63, 3.8) is 0 Å². The number of benzene rings is 1. The van der Waals surface area contributed by atoms with Crippen molar-refractivity contribution in [2.75, 3.05) is 13.1 Å². The summed E-state index contributed by atoms with van der Waals surface area (Å²) in [6, 6.07) is 6.54. The fourth-order valence-corrected chi connectivity index (χ4v) is 3.32. The van der Waals surface area contributed by atoms with E-state index in [2.05, 4.69) is 10.1 Å². The SMILES string of the molecule is CC(NC(=O)C1CCCN(C(=O)c2ccoc2)C1)c1ccc(OC(F)(F)F)cc1. The van der Waals surface area contributed by atoms with Crippen LogP contribution in [0, 0.1) is 5.92 Å². The Morgan fingerprint density at radius 1 is 1.24 bits per heavy atom. The minimum absolute atomic E-state index is 0.176. The van der Waals surface area contributed by atoms with Crippen LogP contribution in [-0.2, 0) is 4.79 Å². The van der Waals surface area contributed by atoms with Crippen LogP contribution in [-0.4, -0.2) is 36.2 Å². The van der Waals surface area contributed by atoms with Gasteiger partial charge in [0.05, 0.1) is 23.8 Å². The zero-order chi connectivity index (χ0) is 21.0. The summed E-state index contributed by atoms with van der Waals surface area (Å²) in [5.74, 6) is -1.04. The first kappa shape index (κ1) is 20.8. The molecule has 2 amide bonds. The highest BCUT2D eigenvalue weighted by Gasteiger charge is 2.31. The summed E-state index contributed by atoms with van der Waals surface area (Å²) in [4.78, 5) is 26.7. The van der Waals surface area contributed by atoms with E-state index in [-0.39, 0.29) is 23.5 Å². The minimum Gasteiger partial charge on any atom is -0.472 e. The monoisotopic (exact) mass is 410 g/mol. The Bertz CT molecular complexity index is 834. The third kappa shape index (κ3) is 5.52. The lowest BCUT2D eigenvalue weighted by atomic mass is 9.96. The average molecular weight is 410 g/mol. The van der Waals surface area contributed by atoms with Crippen LogP contribution in [0.2, 0.25) is 0 Å². The number of nitrogens with zero attached hydrogens (tertiary/aromatic N) is 1. The molecule has 2 unspecified atom stereocenters. The Morgan fingerprint density at radius 2 is 1.97 bits per heavy atom. The molecule has 9 heteroatoms. The van der Waals surface area contributed by atoms with Gasteiger partial charge in [0.25, 0.3) is 5.91 Å². The first-order valence-electron chi connectivity index (χ1n) is 9.20. The number of carbonyl (C=O) groups excluding carboxylic acids is 2. The first-order chi connectivity index (χ1) is 13.7. The number of furan rings is 1. The molecule has 2 atom stereocenters. The van der Waals surface area contributed by atoms with Gasteiger partial charge in [0.2, 0.25) is 5.91 Å². The van der Waals surface area contributed by atoms with Gasteiger partial charge in [-0.2, -0.15) is 0 Å². The second-order valence-corrected chi connectivity index (χ2v) is 6.95. The Kier molecular flexibility index (Phi) is 6.14. The Hall–Kier alpha value is -2.97. The highest BCUT2D eigenvalue weighted by molar-refractivity contribution is 5.94. The fourth-order valence-electron chi connectivity index (χ4n) is 3.32. The lowest BCUT2D eigenvalue weighted by molar-refractivity contribution is -0.274. The van der Waals surface area contributed by atoms with Crippen LogP contribution in [0.1, 0.15) is 41.7 Å². The van der Waals surface area contributed by atoms with Gasteiger partial charge in [-0.05, 0) is 43.5 Å². The summed E-state index contributed by atoms with van der Waals surface area (Å²) in [6.07, 6.45) is -0.581. The highest BCUT2D eigenvalue weighted by Crippen LogP contribution is 2.25. The van der Waals surface area contributed by atoms with Crippen LogP contribution in [0.4, 0.5) is 13.2 Å². The maximum absolute atomic E-state index is 12.7. The summed E-state index contributed by atoms with van der Waals surface area (Å²) < 4.78 is 45.5. The van der Waals surface area contributed by atoms with Crippen molar-refractivity contribution in [2.45, 2.75) is 32.2 Å². The Balaban J connectivity index is 1.57. The second kappa shape index (κ2) is 8.59. The van der Waals surface area contributed by atoms with Crippen LogP contribution in [0.3, 0.4) is 0 Å². The van der Waals surface area contributed by atoms with Gasteiger partial charge < -0.3 is 19.4 Å². The van der Waals surface area contributed by atoms with E-state index in [4.69, 9.17) is 4.42 Å². The number of hydrogen-bond donors (Lipinski definition) is 1. The summed E-state index contributed by atoms with van der Waals surface area (Å²) >= 11 is 0. The van der Waals surface area contributed by atoms with Gasteiger partial charge in [0, 0.05) is 13.1 Å². The minimum atomic E-state index is -4.75. The van der Waals surface area contributed by atoms with Gasteiger partial charge in [-0.15, -0.1) is 13.2 Å². The molecule has 0 aliphatic carbocycles. The van der Waals surface area contributed by atoms with E-state index in [1.54, 1.807) is 17.9 Å². The molecule has 156 valence electrons. The largest absolute Gasteiger partial charge is 0.573 e. The zero-order valence-electron chi connectivity index (χ0n) is 15.7. The number of alkyl halides is 3. The molecule has 2 heterocycles. The van der Waals surface area contributed by atoms with Crippen molar-refractivity contribution in [2.24, 2.45) is 5.92 Å². The molecule has 0 bridgehead atoms. The quantitative estimate of drug-likeness (QED) is 0.811. The summed E-state index contributed by atoms with van der Waals surface area (Å²) in [5, 5.41) is 2.87. The molecule has 0 radical (unpaired) electrons. The molecule has 1 saturated heterocycles. The predicted octanol–water partition coefficient (Wildman–Crippen LogP) is 3.91. The van der Waals surface area contributed by atoms with Crippen molar-refractivity contribution in [1.29, 1.82) is 0 Å². The molecule has 29 heavy (non-hydrogen) atoms. The van der Waals surface area contributed by atoms with Crippen LogP contribution in [0.5, 0.6) is 5.75 Å². The van der Waals surface area contributed by atoms with Crippen molar-refractivity contribution in [3.05, 3.63) is 54.0 Å². The van der Waals surface area contributed by atoms with Crippen LogP contribution >= 0.6 is 0 Å². The standard InChI is InChI=1S/C20H21F3N2O4/c1-13(14-4-6-17(7-5-14)29-20(21,22)23)24-18(26)15-3-2-9-25(11-15)19(27)16-8-10-28-12-16/h4-8,10,12-13,15H,2-3,9,11H2,1H3,(H,24,26). The molecule has 1 aromatic carbocycles. The molecule has 3 rings (SSSR count). The fraction of sp³-hybridized carbons (Fsp3) is 0.400. The number of likely N-dealkylation sites (tertiary alicyclic amines) is 1. The van der Waals surface area contributed by atoms with Gasteiger partial charge >= 0.3 is 6.36 Å². The maximum Gasteiger partial charge on any atom is 0.573 e. The molecule has 1 aliphatic heterocycles. The number of piperidine rings is 1. The molecule has 1 aromatic heterocycles. The third-order valence-corrected chi connectivity index (χ3v) is 4.82. The number of halogens is 3. The molecule has 2 aromatic rings. The van der Waals surface area contributed by atoms with Crippen molar-refractivity contribution in [3.8, 4) is 5.75 Å². The van der Waals surface area contributed by atoms with Crippen LogP contribution < -0.4 is 10.1 Å². The number of amides is 2. The molecular weight excluding hydrogens is 389 g/mol. The van der Waals surface area contributed by atoms with E-state index in [9.17, 15) is 22.8 Å². The van der Waals surface area contributed by atoms with Crippen LogP contribution in [0.25, 0.3) is 0 Å². The van der Waals surface area contributed by atoms with Crippen molar-refractivity contribution < 1.29 is 31.9 Å². The van der Waals surface area contributed by atoms with Crippen molar-refractivity contribution in [1.82, 2.24) is 10.2 Å². The second-order valence-electron chi connectivity index (χ2n) is 6.95. The normalized spacial score (nSPS) is 18.2. The highest BCUT2D eigenvalue weighted by atomic mass is 19.4. The molecule has 0 saturated carbocycles. The third-order valence-electron chi connectivity index (χ3n) is 4.82. The molecular formula is C20H21F3N2O4. The van der Waals surface area contributed by atoms with E-state index in [0.717, 1.165) is 0 Å². The summed E-state index contributed by atoms with van der Waals surface area (Å²) in [5.41, 5.74) is 1.09. The number of nitrogens with one attached hydrogen (secondary N) is 1. The van der Waals surface area contributed by atoms with E-state index in [1.807, 2.05) is 0 Å². The van der Waals surface area contributed by atoms with Gasteiger partial charge in [0.1, 0.15) is 12.0 Å². The van der Waals surface area contributed by atoms with Gasteiger partial charge in [-0.25, -0.2) is 0 Å². The van der Waals surface area contributed by atoms with E-state index >= 15 is 0 Å². The lowest BCUT2D eigenvalue weighted by Gasteiger charge is -2.32. The zero-order valence-corrected chi connectivity index (χ0v) is 15.7. The van der Waals surface area contributed by atoms with Gasteiger partial charge in [-0.1, -0.05) is 12.1 Å². The van der Waals surface area contributed by atoms with Crippen molar-refractivity contribution >= 4 is 11.8 Å². The topological polar surface area (TPSA) is 71.8 Å². The number of carbonyl (C=O) groups is 2. The number of hydrogen-bond acceptors (Lipinski definition) is 4. The van der Waals surface area contributed by atoms with Crippen LogP contribution in [0.15, 0.2) is 47.3 Å². The lowest BCUT2D eigenvalue weighted by Crippen LogP contribution is -2.45. The van der Waals surface area contributed by atoms with Gasteiger partial charge in [0.15, 0.2) is 0 Å².